The van der Waals surface area contributed by atoms with Gasteiger partial charge in [0, 0.05) is 11.6 Å². The average Bonchev–Trinajstić information content (AvgIpc) is 2.94. The first kappa shape index (κ1) is 19.2. The molecule has 0 aliphatic heterocycles. The number of benzene rings is 1. The van der Waals surface area contributed by atoms with E-state index in [0.29, 0.717) is 22.3 Å². The van der Waals surface area contributed by atoms with E-state index in [2.05, 4.69) is 4.98 Å². The highest BCUT2D eigenvalue weighted by atomic mass is 19.4. The van der Waals surface area contributed by atoms with Gasteiger partial charge in [0.2, 0.25) is 0 Å². The molecule has 2 aromatic heterocycles. The van der Waals surface area contributed by atoms with E-state index in [1.54, 1.807) is 19.9 Å². The molecule has 0 aliphatic rings. The molecular formula is C19H15F3N4O2. The Hall–Kier alpha value is -3.54. The van der Waals surface area contributed by atoms with E-state index in [-0.39, 0.29) is 28.0 Å². The molecule has 0 fully saturated rings. The van der Waals surface area contributed by atoms with Crippen molar-refractivity contribution in [3.8, 4) is 22.9 Å². The first-order valence-corrected chi connectivity index (χ1v) is 8.13. The number of hydrogen-bond donors (Lipinski definition) is 2. The van der Waals surface area contributed by atoms with Gasteiger partial charge in [-0.2, -0.15) is 18.4 Å². The van der Waals surface area contributed by atoms with Gasteiger partial charge in [-0.05, 0) is 48.2 Å². The number of carbonyl (C=O) groups excluding carboxylic acids is 1. The van der Waals surface area contributed by atoms with Crippen LogP contribution in [0.25, 0.3) is 22.2 Å². The number of pyridine rings is 1. The van der Waals surface area contributed by atoms with Crippen molar-refractivity contribution in [1.82, 2.24) is 9.55 Å². The van der Waals surface area contributed by atoms with Gasteiger partial charge in [-0.25, -0.2) is 4.98 Å². The van der Waals surface area contributed by atoms with E-state index < -0.39 is 18.6 Å². The molecule has 0 aliphatic carbocycles. The number of rotatable bonds is 3. The van der Waals surface area contributed by atoms with Gasteiger partial charge >= 0.3 is 6.18 Å². The highest BCUT2D eigenvalue weighted by molar-refractivity contribution is 6.03. The predicted molar refractivity (Wildman–Crippen MR) is 95.6 cm³/mol. The van der Waals surface area contributed by atoms with Crippen molar-refractivity contribution in [2.45, 2.75) is 26.6 Å². The Morgan fingerprint density at radius 2 is 2.04 bits per heavy atom. The summed E-state index contributed by atoms with van der Waals surface area (Å²) in [6.45, 7) is 2.00. The number of aryl methyl sites for hydroxylation is 1. The molecule has 3 rings (SSSR count). The number of nitriles is 1. The second-order valence-electron chi connectivity index (χ2n) is 6.42. The molecule has 0 bridgehead atoms. The van der Waals surface area contributed by atoms with Crippen LogP contribution in [-0.2, 0) is 6.54 Å². The molecule has 144 valence electrons. The molecule has 9 heteroatoms. The minimum atomic E-state index is -4.56. The van der Waals surface area contributed by atoms with Crippen molar-refractivity contribution in [3.05, 3.63) is 46.8 Å². The monoisotopic (exact) mass is 388 g/mol. The summed E-state index contributed by atoms with van der Waals surface area (Å²) in [5, 5.41) is 19.7. The molecule has 0 saturated carbocycles. The molecule has 1 amide bonds. The van der Waals surface area contributed by atoms with Crippen LogP contribution in [-0.4, -0.2) is 26.7 Å². The maximum atomic E-state index is 13.0. The molecule has 3 aromatic rings. The van der Waals surface area contributed by atoms with Crippen LogP contribution >= 0.6 is 0 Å². The number of alkyl halides is 3. The Labute approximate surface area is 157 Å². The van der Waals surface area contributed by atoms with Crippen LogP contribution in [0.5, 0.6) is 5.75 Å². The van der Waals surface area contributed by atoms with Gasteiger partial charge in [0.05, 0.1) is 5.56 Å². The van der Waals surface area contributed by atoms with Crippen LogP contribution < -0.4 is 5.73 Å². The summed E-state index contributed by atoms with van der Waals surface area (Å²) in [6, 6.07) is 6.33. The molecule has 0 atom stereocenters. The zero-order valence-corrected chi connectivity index (χ0v) is 14.9. The number of phenols is 1. The van der Waals surface area contributed by atoms with E-state index in [4.69, 9.17) is 5.73 Å². The second-order valence-corrected chi connectivity index (χ2v) is 6.42. The highest BCUT2D eigenvalue weighted by Crippen LogP contribution is 2.39. The first-order chi connectivity index (χ1) is 13.0. The summed E-state index contributed by atoms with van der Waals surface area (Å²) < 4.78 is 39.7. The van der Waals surface area contributed by atoms with Crippen molar-refractivity contribution in [1.29, 1.82) is 5.26 Å². The van der Waals surface area contributed by atoms with Crippen molar-refractivity contribution < 1.29 is 23.1 Å². The molecule has 0 saturated heterocycles. The van der Waals surface area contributed by atoms with Crippen LogP contribution in [0.2, 0.25) is 0 Å². The van der Waals surface area contributed by atoms with Crippen LogP contribution in [0.1, 0.15) is 27.2 Å². The maximum absolute atomic E-state index is 13.0. The van der Waals surface area contributed by atoms with E-state index in [0.717, 1.165) is 10.8 Å². The Balaban J connectivity index is 2.49. The largest absolute Gasteiger partial charge is 0.508 e. The highest BCUT2D eigenvalue weighted by Gasteiger charge is 2.30. The molecule has 2 heterocycles. The lowest BCUT2D eigenvalue weighted by Crippen LogP contribution is -2.18. The van der Waals surface area contributed by atoms with Crippen molar-refractivity contribution in [2.24, 2.45) is 5.73 Å². The molecule has 0 spiro atoms. The fourth-order valence-electron chi connectivity index (χ4n) is 3.26. The minimum absolute atomic E-state index is 0.0279. The Kier molecular flexibility index (Phi) is 4.51. The fraction of sp³-hybridized carbons (Fsp3) is 0.211. The van der Waals surface area contributed by atoms with Crippen LogP contribution in [0, 0.1) is 25.2 Å². The van der Waals surface area contributed by atoms with Gasteiger partial charge in [-0.15, -0.1) is 0 Å². The fourth-order valence-corrected chi connectivity index (χ4v) is 3.26. The number of nitrogens with two attached hydrogens (primary N) is 1. The lowest BCUT2D eigenvalue weighted by molar-refractivity contribution is -0.139. The quantitative estimate of drug-likeness (QED) is 0.716. The van der Waals surface area contributed by atoms with Gasteiger partial charge in [-0.1, -0.05) is 6.07 Å². The minimum Gasteiger partial charge on any atom is -0.508 e. The van der Waals surface area contributed by atoms with Gasteiger partial charge in [0.15, 0.2) is 0 Å². The lowest BCUT2D eigenvalue weighted by atomic mass is 9.92. The molecule has 0 radical (unpaired) electrons. The summed E-state index contributed by atoms with van der Waals surface area (Å²) >= 11 is 0. The summed E-state index contributed by atoms with van der Waals surface area (Å²) in [6.07, 6.45) is -3.51. The number of phenolic OH excluding ortho intramolecular Hbond substituents is 1. The second kappa shape index (κ2) is 6.56. The average molecular weight is 388 g/mol. The third-order valence-electron chi connectivity index (χ3n) is 4.46. The third-order valence-corrected chi connectivity index (χ3v) is 4.46. The number of hydrogen-bond acceptors (Lipinski definition) is 4. The Bertz CT molecular complexity index is 1160. The zero-order valence-electron chi connectivity index (χ0n) is 14.9. The van der Waals surface area contributed by atoms with E-state index in [9.17, 15) is 28.3 Å². The number of carbonyl (C=O) groups is 1. The molecule has 28 heavy (non-hydrogen) atoms. The Morgan fingerprint density at radius 3 is 2.61 bits per heavy atom. The number of fused-ring (bicyclic) bond motifs is 1. The Morgan fingerprint density at radius 1 is 1.36 bits per heavy atom. The van der Waals surface area contributed by atoms with Gasteiger partial charge in [-0.3, -0.25) is 4.79 Å². The van der Waals surface area contributed by atoms with Crippen LogP contribution in [0.3, 0.4) is 0 Å². The normalized spacial score (nSPS) is 11.6. The lowest BCUT2D eigenvalue weighted by Gasteiger charge is -2.15. The summed E-state index contributed by atoms with van der Waals surface area (Å²) in [5.41, 5.74) is 6.84. The number of aromatic nitrogens is 2. The first-order valence-electron chi connectivity index (χ1n) is 8.13. The van der Waals surface area contributed by atoms with Crippen molar-refractivity contribution in [3.63, 3.8) is 0 Å². The predicted octanol–water partition coefficient (Wildman–Crippen LogP) is 3.56. The number of amides is 1. The topological polar surface area (TPSA) is 105 Å². The zero-order chi connectivity index (χ0) is 20.8. The number of halogens is 3. The smallest absolute Gasteiger partial charge is 0.406 e. The summed E-state index contributed by atoms with van der Waals surface area (Å²) in [7, 11) is 0. The molecular weight excluding hydrogens is 373 g/mol. The van der Waals surface area contributed by atoms with Crippen molar-refractivity contribution in [2.75, 3.05) is 0 Å². The van der Waals surface area contributed by atoms with Crippen molar-refractivity contribution >= 4 is 16.9 Å². The van der Waals surface area contributed by atoms with E-state index in [1.165, 1.54) is 12.1 Å². The van der Waals surface area contributed by atoms with E-state index in [1.807, 2.05) is 6.07 Å². The number of primary amides is 1. The molecule has 0 unspecified atom stereocenters. The number of nitrogens with zero attached hydrogens (tertiary/aromatic N) is 3. The molecule has 3 N–H and O–H groups in total. The third kappa shape index (κ3) is 3.24. The van der Waals surface area contributed by atoms with Crippen LogP contribution in [0.4, 0.5) is 13.2 Å². The SMILES string of the molecule is Cc1ccc(O)c(C)c1-c1cc(C(N)=O)nc2c1c(C#N)cn2CC(F)(F)F. The molecule has 1 aromatic carbocycles. The van der Waals surface area contributed by atoms with Crippen LogP contribution in [0.15, 0.2) is 24.4 Å². The maximum Gasteiger partial charge on any atom is 0.406 e. The molecule has 6 nitrogen and oxygen atoms in total. The number of aromatic hydroxyl groups is 1. The van der Waals surface area contributed by atoms with E-state index >= 15 is 0 Å². The summed E-state index contributed by atoms with van der Waals surface area (Å²) in [5.74, 6) is -0.948. The van der Waals surface area contributed by atoms with Gasteiger partial charge in [0.1, 0.15) is 29.7 Å². The standard InChI is InChI=1S/C19H15F3N4O2/c1-9-3-4-14(27)10(2)15(9)12-5-13(17(24)28)25-18-16(12)11(6-23)7-26(18)8-19(20,21)22/h3-5,7,27H,8H2,1-2H3,(H2,24,28). The van der Waals surface area contributed by atoms with Gasteiger partial charge < -0.3 is 15.4 Å². The van der Waals surface area contributed by atoms with Gasteiger partial charge in [0.25, 0.3) is 5.91 Å². The summed E-state index contributed by atoms with van der Waals surface area (Å²) in [4.78, 5) is 15.7.